The molecule has 0 spiro atoms. The van der Waals surface area contributed by atoms with Crippen molar-refractivity contribution in [3.63, 3.8) is 0 Å². The molecule has 1 aliphatic heterocycles. The van der Waals surface area contributed by atoms with Gasteiger partial charge in [0.25, 0.3) is 11.8 Å². The van der Waals surface area contributed by atoms with Gasteiger partial charge in [0.2, 0.25) is 5.84 Å². The third-order valence-corrected chi connectivity index (χ3v) is 4.33. The fourth-order valence-corrected chi connectivity index (χ4v) is 3.04. The second-order valence-electron chi connectivity index (χ2n) is 6.33. The lowest BCUT2D eigenvalue weighted by Crippen LogP contribution is -2.54. The normalized spacial score (nSPS) is 13.7. The molecule has 0 bridgehead atoms. The lowest BCUT2D eigenvalue weighted by molar-refractivity contribution is -0.118. The molecule has 0 aromatic heterocycles. The van der Waals surface area contributed by atoms with Crippen molar-refractivity contribution in [2.45, 2.75) is 6.92 Å². The number of anilines is 3. The number of hydrazine groups is 1. The smallest absolute Gasteiger partial charge is 0.292 e. The Kier molecular flexibility index (Phi) is 5.32. The molecule has 1 aliphatic rings. The average molecular weight is 386 g/mol. The molecule has 3 rings (SSSR count). The molecule has 0 fully saturated rings. The van der Waals surface area contributed by atoms with Crippen LogP contribution in [0.4, 0.5) is 17.1 Å². The van der Waals surface area contributed by atoms with Crippen molar-refractivity contribution in [2.75, 3.05) is 35.9 Å². The lowest BCUT2D eigenvalue weighted by Gasteiger charge is -2.28. The summed E-state index contributed by atoms with van der Waals surface area (Å²) in [7, 11) is 3.68. The van der Waals surface area contributed by atoms with Crippen LogP contribution >= 0.6 is 11.6 Å². The predicted octanol–water partition coefficient (Wildman–Crippen LogP) is 2.60. The average Bonchev–Trinajstić information content (AvgIpc) is 2.62. The van der Waals surface area contributed by atoms with Crippen LogP contribution in [0.25, 0.3) is 0 Å². The van der Waals surface area contributed by atoms with Crippen LogP contribution in [0, 0.1) is 6.92 Å². The van der Waals surface area contributed by atoms with Crippen LogP contribution < -0.4 is 20.7 Å². The summed E-state index contributed by atoms with van der Waals surface area (Å²) < 4.78 is 0. The quantitative estimate of drug-likeness (QED) is 0.848. The summed E-state index contributed by atoms with van der Waals surface area (Å²) in [4.78, 5) is 30.8. The highest BCUT2D eigenvalue weighted by Crippen LogP contribution is 2.32. The molecule has 0 atom stereocenters. The molecule has 0 saturated heterocycles. The number of carbonyl (C=O) groups is 2. The molecular formula is C19H20ClN5O2. The molecule has 7 nitrogen and oxygen atoms in total. The number of benzene rings is 2. The van der Waals surface area contributed by atoms with Gasteiger partial charge < -0.3 is 10.2 Å². The standard InChI is InChI=1S/C19H20ClN5O2/c1-12-7-9-13(10-8-12)25-16(26)11-21-18(23-25)19(27)22-15-6-4-5-14(20)17(15)24(2)3/h4-10H,11H2,1-3H3,(H,21,23)(H,22,27). The van der Waals surface area contributed by atoms with Gasteiger partial charge >= 0.3 is 0 Å². The Balaban J connectivity index is 1.81. The molecule has 1 heterocycles. The molecule has 0 aliphatic carbocycles. The minimum atomic E-state index is -0.454. The number of rotatable bonds is 4. The third kappa shape index (κ3) is 4.03. The topological polar surface area (TPSA) is 77.0 Å². The monoisotopic (exact) mass is 385 g/mol. The summed E-state index contributed by atoms with van der Waals surface area (Å²) >= 11 is 6.24. The van der Waals surface area contributed by atoms with Crippen molar-refractivity contribution in [1.82, 2.24) is 5.43 Å². The fraction of sp³-hybridized carbons (Fsp3) is 0.211. The fourth-order valence-electron chi connectivity index (χ4n) is 2.70. The first-order chi connectivity index (χ1) is 12.9. The SMILES string of the molecule is Cc1ccc(N2NC(C(=O)Nc3cccc(Cl)c3N(C)C)=NCC2=O)cc1. The van der Waals surface area contributed by atoms with Crippen LogP contribution in [-0.4, -0.2) is 38.3 Å². The van der Waals surface area contributed by atoms with Crippen LogP contribution in [0.15, 0.2) is 47.5 Å². The first-order valence-electron chi connectivity index (χ1n) is 8.34. The molecule has 2 aromatic rings. The van der Waals surface area contributed by atoms with E-state index in [-0.39, 0.29) is 18.3 Å². The minimum Gasteiger partial charge on any atom is -0.375 e. The maximum Gasteiger partial charge on any atom is 0.292 e. The van der Waals surface area contributed by atoms with E-state index in [1.165, 1.54) is 5.01 Å². The number of halogens is 1. The number of amides is 2. The third-order valence-electron chi connectivity index (χ3n) is 4.03. The van der Waals surface area contributed by atoms with Crippen LogP contribution in [-0.2, 0) is 9.59 Å². The first kappa shape index (κ1) is 18.7. The number of nitrogens with zero attached hydrogens (tertiary/aromatic N) is 3. The van der Waals surface area contributed by atoms with E-state index in [0.29, 0.717) is 22.1 Å². The van der Waals surface area contributed by atoms with Gasteiger partial charge in [-0.25, -0.2) is 5.01 Å². The molecule has 140 valence electrons. The summed E-state index contributed by atoms with van der Waals surface area (Å²) in [5, 5.41) is 4.65. The number of carbonyl (C=O) groups excluding carboxylic acids is 2. The Hall–Kier alpha value is -3.06. The van der Waals surface area contributed by atoms with E-state index in [1.54, 1.807) is 18.2 Å². The van der Waals surface area contributed by atoms with Crippen LogP contribution in [0.3, 0.4) is 0 Å². The highest BCUT2D eigenvalue weighted by Gasteiger charge is 2.26. The van der Waals surface area contributed by atoms with Gasteiger partial charge in [-0.05, 0) is 31.2 Å². The Labute approximate surface area is 162 Å². The molecule has 2 N–H and O–H groups in total. The van der Waals surface area contributed by atoms with E-state index < -0.39 is 5.91 Å². The van der Waals surface area contributed by atoms with Gasteiger partial charge in [-0.15, -0.1) is 0 Å². The van der Waals surface area contributed by atoms with Gasteiger partial charge in [-0.2, -0.15) is 0 Å². The molecule has 27 heavy (non-hydrogen) atoms. The maximum absolute atomic E-state index is 12.7. The summed E-state index contributed by atoms with van der Waals surface area (Å²) in [6.45, 7) is 1.85. The number of para-hydroxylation sites is 1. The van der Waals surface area contributed by atoms with Crippen molar-refractivity contribution in [3.05, 3.63) is 53.1 Å². The highest BCUT2D eigenvalue weighted by atomic mass is 35.5. The number of hydrogen-bond acceptors (Lipinski definition) is 5. The molecule has 0 saturated carbocycles. The van der Waals surface area contributed by atoms with E-state index in [9.17, 15) is 9.59 Å². The number of aryl methyl sites for hydroxylation is 1. The van der Waals surface area contributed by atoms with Crippen LogP contribution in [0.2, 0.25) is 5.02 Å². The summed E-state index contributed by atoms with van der Waals surface area (Å²) in [6, 6.07) is 12.7. The van der Waals surface area contributed by atoms with Crippen molar-refractivity contribution in [3.8, 4) is 0 Å². The zero-order valence-electron chi connectivity index (χ0n) is 15.3. The van der Waals surface area contributed by atoms with Crippen molar-refractivity contribution < 1.29 is 9.59 Å². The molecule has 8 heteroatoms. The van der Waals surface area contributed by atoms with Gasteiger partial charge in [0.1, 0.15) is 6.54 Å². The second-order valence-corrected chi connectivity index (χ2v) is 6.73. The number of aliphatic imine (C=N–C) groups is 1. The van der Waals surface area contributed by atoms with E-state index in [1.807, 2.05) is 50.2 Å². The van der Waals surface area contributed by atoms with E-state index in [2.05, 4.69) is 15.7 Å². The Morgan fingerprint density at radius 2 is 1.93 bits per heavy atom. The maximum atomic E-state index is 12.7. The summed E-state index contributed by atoms with van der Waals surface area (Å²) in [6.07, 6.45) is 0. The van der Waals surface area contributed by atoms with Crippen molar-refractivity contribution >= 4 is 46.3 Å². The zero-order chi connectivity index (χ0) is 19.6. The lowest BCUT2D eigenvalue weighted by atomic mass is 10.2. The van der Waals surface area contributed by atoms with Gasteiger partial charge in [-0.1, -0.05) is 35.4 Å². The number of hydrogen-bond donors (Lipinski definition) is 2. The van der Waals surface area contributed by atoms with E-state index in [4.69, 9.17) is 11.6 Å². The molecule has 0 unspecified atom stereocenters. The van der Waals surface area contributed by atoms with Crippen molar-refractivity contribution in [1.29, 1.82) is 0 Å². The van der Waals surface area contributed by atoms with Crippen LogP contribution in [0.5, 0.6) is 0 Å². The minimum absolute atomic E-state index is 0.0554. The summed E-state index contributed by atoms with van der Waals surface area (Å²) in [5.41, 5.74) is 5.76. The Bertz CT molecular complexity index is 909. The second kappa shape index (κ2) is 7.67. The molecule has 0 radical (unpaired) electrons. The number of amidine groups is 1. The van der Waals surface area contributed by atoms with E-state index >= 15 is 0 Å². The van der Waals surface area contributed by atoms with Gasteiger partial charge in [-0.3, -0.25) is 20.0 Å². The Morgan fingerprint density at radius 3 is 2.59 bits per heavy atom. The first-order valence-corrected chi connectivity index (χ1v) is 8.72. The van der Waals surface area contributed by atoms with E-state index in [0.717, 1.165) is 5.56 Å². The zero-order valence-corrected chi connectivity index (χ0v) is 16.0. The van der Waals surface area contributed by atoms with Gasteiger partial charge in [0.05, 0.1) is 22.1 Å². The van der Waals surface area contributed by atoms with Gasteiger partial charge in [0.15, 0.2) is 0 Å². The van der Waals surface area contributed by atoms with Crippen molar-refractivity contribution in [2.24, 2.45) is 4.99 Å². The highest BCUT2D eigenvalue weighted by molar-refractivity contribution is 6.44. The van der Waals surface area contributed by atoms with Crippen LogP contribution in [0.1, 0.15) is 5.56 Å². The number of nitrogens with one attached hydrogen (secondary N) is 2. The Morgan fingerprint density at radius 1 is 1.22 bits per heavy atom. The molecule has 2 aromatic carbocycles. The predicted molar refractivity (Wildman–Crippen MR) is 109 cm³/mol. The largest absolute Gasteiger partial charge is 0.375 e. The molecular weight excluding hydrogens is 366 g/mol. The summed E-state index contributed by atoms with van der Waals surface area (Å²) in [5.74, 6) is -0.642. The molecule has 2 amide bonds. The van der Waals surface area contributed by atoms with Gasteiger partial charge in [0, 0.05) is 14.1 Å².